The Balaban J connectivity index is 1.40. The molecule has 40 heavy (non-hydrogen) atoms. The number of nitrogens with one attached hydrogen (secondary N) is 1. The number of carbonyl (C=O) groups excluding carboxylic acids is 2. The summed E-state index contributed by atoms with van der Waals surface area (Å²) in [6.07, 6.45) is 0.818. The van der Waals surface area contributed by atoms with Gasteiger partial charge >= 0.3 is 0 Å². The second-order valence-electron chi connectivity index (χ2n) is 10.9. The van der Waals surface area contributed by atoms with E-state index in [1.54, 1.807) is 16.9 Å². The number of hydrogen-bond acceptors (Lipinski definition) is 6. The number of nitrogens with zero attached hydrogens (tertiary/aromatic N) is 3. The van der Waals surface area contributed by atoms with E-state index in [4.69, 9.17) is 14.2 Å². The molecule has 0 saturated carbocycles. The van der Waals surface area contributed by atoms with Crippen LogP contribution in [0.4, 0.5) is 0 Å². The molecule has 3 aliphatic heterocycles. The van der Waals surface area contributed by atoms with Crippen molar-refractivity contribution in [2.24, 2.45) is 0 Å². The third-order valence-corrected chi connectivity index (χ3v) is 8.72. The lowest BCUT2D eigenvalue weighted by molar-refractivity contribution is -0.166. The van der Waals surface area contributed by atoms with Crippen LogP contribution >= 0.6 is 0 Å². The highest BCUT2D eigenvalue weighted by atomic mass is 16.5. The molecule has 2 atom stereocenters. The first-order chi connectivity index (χ1) is 19.5. The summed E-state index contributed by atoms with van der Waals surface area (Å²) in [6, 6.07) is 14.0. The Kier molecular flexibility index (Phi) is 7.18. The normalized spacial score (nSPS) is 23.3. The highest BCUT2D eigenvalue weighted by molar-refractivity contribution is 6.01. The van der Waals surface area contributed by atoms with Gasteiger partial charge in [0.25, 0.3) is 5.91 Å². The van der Waals surface area contributed by atoms with Gasteiger partial charge in [-0.25, -0.2) is 0 Å². The van der Waals surface area contributed by atoms with E-state index in [0.29, 0.717) is 31.2 Å². The van der Waals surface area contributed by atoms with Crippen molar-refractivity contribution in [2.75, 3.05) is 66.2 Å². The number of H-pyrrole nitrogens is 1. The van der Waals surface area contributed by atoms with Crippen molar-refractivity contribution >= 4 is 22.7 Å². The van der Waals surface area contributed by atoms with E-state index in [1.165, 1.54) is 0 Å². The first-order valence-corrected chi connectivity index (χ1v) is 14.3. The van der Waals surface area contributed by atoms with Crippen LogP contribution in [-0.2, 0) is 19.9 Å². The zero-order valence-corrected chi connectivity index (χ0v) is 23.6. The number of para-hydroxylation sites is 2. The monoisotopic (exact) mass is 546 g/mol. The Morgan fingerprint density at radius 3 is 2.65 bits per heavy atom. The smallest absolute Gasteiger partial charge is 0.254 e. The highest BCUT2D eigenvalue weighted by Gasteiger charge is 2.56. The number of ether oxygens (including phenoxy) is 3. The van der Waals surface area contributed by atoms with E-state index < -0.39 is 5.54 Å². The van der Waals surface area contributed by atoms with Crippen LogP contribution in [0, 0.1) is 0 Å². The third kappa shape index (κ3) is 4.32. The fraction of sp³-hybridized carbons (Fsp3) is 0.484. The number of benzene rings is 2. The fourth-order valence-electron chi connectivity index (χ4n) is 6.71. The maximum atomic E-state index is 14.3. The van der Waals surface area contributed by atoms with Crippen molar-refractivity contribution < 1.29 is 23.8 Å². The fourth-order valence-corrected chi connectivity index (χ4v) is 6.71. The molecule has 212 valence electrons. The number of rotatable bonds is 8. The topological polar surface area (TPSA) is 87.3 Å². The molecule has 6 rings (SSSR count). The minimum absolute atomic E-state index is 0.0315. The number of piperazine rings is 1. The van der Waals surface area contributed by atoms with Crippen LogP contribution in [0.5, 0.6) is 11.5 Å². The minimum atomic E-state index is -1.12. The molecule has 2 aromatic carbocycles. The zero-order valence-electron chi connectivity index (χ0n) is 23.6. The molecule has 0 bridgehead atoms. The molecule has 9 heteroatoms. The lowest BCUT2D eigenvalue weighted by atomic mass is 9.76. The van der Waals surface area contributed by atoms with E-state index in [0.717, 1.165) is 67.0 Å². The number of aromatic amines is 1. The summed E-state index contributed by atoms with van der Waals surface area (Å²) in [6.45, 7) is 9.56. The predicted octanol–water partition coefficient (Wildman–Crippen LogP) is 3.33. The second kappa shape index (κ2) is 10.8. The molecule has 1 aromatic heterocycles. The van der Waals surface area contributed by atoms with E-state index in [9.17, 15) is 9.59 Å². The average molecular weight is 547 g/mol. The summed E-state index contributed by atoms with van der Waals surface area (Å²) in [7, 11) is 1.64. The molecule has 0 aliphatic carbocycles. The van der Waals surface area contributed by atoms with Gasteiger partial charge < -0.3 is 29.0 Å². The van der Waals surface area contributed by atoms with Gasteiger partial charge in [0, 0.05) is 55.1 Å². The van der Waals surface area contributed by atoms with E-state index in [2.05, 4.69) is 16.0 Å². The predicted molar refractivity (Wildman–Crippen MR) is 152 cm³/mol. The van der Waals surface area contributed by atoms with E-state index in [1.807, 2.05) is 50.2 Å². The van der Waals surface area contributed by atoms with Gasteiger partial charge in [-0.3, -0.25) is 14.5 Å². The molecule has 9 nitrogen and oxygen atoms in total. The summed E-state index contributed by atoms with van der Waals surface area (Å²) in [4.78, 5) is 37.6. The Morgan fingerprint density at radius 2 is 1.88 bits per heavy atom. The molecular weight excluding hydrogens is 508 g/mol. The van der Waals surface area contributed by atoms with Crippen molar-refractivity contribution in [3.63, 3.8) is 0 Å². The summed E-state index contributed by atoms with van der Waals surface area (Å²) in [5.41, 5.74) is 2.60. The van der Waals surface area contributed by atoms with Gasteiger partial charge in [0.05, 0.1) is 39.2 Å². The van der Waals surface area contributed by atoms with Crippen LogP contribution in [0.1, 0.15) is 43.0 Å². The summed E-state index contributed by atoms with van der Waals surface area (Å²) >= 11 is 0. The van der Waals surface area contributed by atoms with Gasteiger partial charge in [0.15, 0.2) is 17.0 Å². The van der Waals surface area contributed by atoms with Crippen LogP contribution in [0.2, 0.25) is 0 Å². The molecule has 0 unspecified atom stereocenters. The van der Waals surface area contributed by atoms with Gasteiger partial charge in [-0.15, -0.1) is 0 Å². The van der Waals surface area contributed by atoms with Crippen molar-refractivity contribution in [1.29, 1.82) is 0 Å². The second-order valence-corrected chi connectivity index (χ2v) is 10.9. The van der Waals surface area contributed by atoms with Gasteiger partial charge in [-0.1, -0.05) is 30.3 Å². The van der Waals surface area contributed by atoms with Gasteiger partial charge in [-0.2, -0.15) is 0 Å². The summed E-state index contributed by atoms with van der Waals surface area (Å²) in [5, 5.41) is 1.05. The van der Waals surface area contributed by atoms with Crippen LogP contribution < -0.4 is 9.47 Å². The maximum absolute atomic E-state index is 14.3. The molecule has 2 saturated heterocycles. The largest absolute Gasteiger partial charge is 0.493 e. The van der Waals surface area contributed by atoms with Crippen LogP contribution in [0.3, 0.4) is 0 Å². The first kappa shape index (κ1) is 26.7. The van der Waals surface area contributed by atoms with Gasteiger partial charge in [0.2, 0.25) is 5.91 Å². The number of hydrogen-bond donors (Lipinski definition) is 1. The lowest BCUT2D eigenvalue weighted by Gasteiger charge is -2.51. The van der Waals surface area contributed by atoms with Crippen molar-refractivity contribution in [2.45, 2.75) is 31.7 Å². The van der Waals surface area contributed by atoms with Crippen molar-refractivity contribution in [3.8, 4) is 11.5 Å². The number of morpholine rings is 1. The Morgan fingerprint density at radius 1 is 1.07 bits per heavy atom. The number of fused-ring (bicyclic) bond motifs is 5. The molecule has 1 N–H and O–H groups in total. The maximum Gasteiger partial charge on any atom is 0.254 e. The SMILES string of the molecule is CCOc1c(OC)cccc1[C@H]1CN2C(=O)CN(CCCN3CCOCC3)C(=O)[C@]2(C)c2[nH]c3ccccc3c21. The van der Waals surface area contributed by atoms with Crippen LogP contribution in [0.15, 0.2) is 42.5 Å². The molecule has 0 spiro atoms. The average Bonchev–Trinajstić information content (AvgIpc) is 3.38. The van der Waals surface area contributed by atoms with Gasteiger partial charge in [-0.05, 0) is 38.0 Å². The third-order valence-electron chi connectivity index (χ3n) is 8.72. The highest BCUT2D eigenvalue weighted by Crippen LogP contribution is 2.50. The number of aromatic nitrogens is 1. The first-order valence-electron chi connectivity index (χ1n) is 14.3. The summed E-state index contributed by atoms with van der Waals surface area (Å²) < 4.78 is 17.2. The molecule has 3 aromatic rings. The van der Waals surface area contributed by atoms with Crippen molar-refractivity contribution in [3.05, 3.63) is 59.3 Å². The number of carbonyl (C=O) groups is 2. The number of amides is 2. The minimum Gasteiger partial charge on any atom is -0.493 e. The molecular formula is C31H38N4O5. The number of methoxy groups -OCH3 is 1. The van der Waals surface area contributed by atoms with E-state index in [-0.39, 0.29) is 24.3 Å². The molecule has 4 heterocycles. The van der Waals surface area contributed by atoms with Crippen molar-refractivity contribution in [1.82, 2.24) is 19.7 Å². The van der Waals surface area contributed by atoms with Crippen LogP contribution in [0.25, 0.3) is 10.9 Å². The lowest BCUT2D eigenvalue weighted by Crippen LogP contribution is -2.67. The van der Waals surface area contributed by atoms with Gasteiger partial charge in [0.1, 0.15) is 0 Å². The zero-order chi connectivity index (χ0) is 27.9. The molecule has 2 amide bonds. The molecule has 2 fully saturated rings. The Labute approximate surface area is 235 Å². The molecule has 3 aliphatic rings. The Bertz CT molecular complexity index is 1410. The quantitative estimate of drug-likeness (QED) is 0.467. The van der Waals surface area contributed by atoms with Crippen LogP contribution in [-0.4, -0.2) is 97.7 Å². The summed E-state index contributed by atoms with van der Waals surface area (Å²) in [5.74, 6) is 1.07. The van der Waals surface area contributed by atoms with E-state index >= 15 is 0 Å². The molecule has 0 radical (unpaired) electrons. The standard InChI is InChI=1S/C31H38N4O5/c1-4-40-28-21(10-7-12-25(28)38-3)23-19-35-26(36)20-34(14-8-13-33-15-17-39-18-16-33)30(37)31(35,2)29-27(23)22-9-5-6-11-24(22)32-29/h5-7,9-12,23,32H,4,8,13-20H2,1-3H3/t23-,31+/m1/s1. The Hall–Kier alpha value is -3.56.